The Kier molecular flexibility index (Phi) is 4.48. The van der Waals surface area contributed by atoms with Crippen molar-refractivity contribution in [2.24, 2.45) is 17.6 Å². The van der Waals surface area contributed by atoms with E-state index in [2.05, 4.69) is 22.8 Å². The molecule has 2 fully saturated rings. The fourth-order valence-electron chi connectivity index (χ4n) is 3.84. The van der Waals surface area contributed by atoms with Crippen molar-refractivity contribution in [3.8, 4) is 17.6 Å². The van der Waals surface area contributed by atoms with Crippen LogP contribution >= 0.6 is 0 Å². The molecular weight excluding hydrogens is 260 g/mol. The van der Waals surface area contributed by atoms with Gasteiger partial charge in [0.25, 0.3) is 0 Å². The van der Waals surface area contributed by atoms with Crippen LogP contribution in [0.3, 0.4) is 0 Å². The number of nitrogens with two attached hydrogens (primary N) is 1. The molecule has 0 spiro atoms. The maximum absolute atomic E-state index is 5.51. The lowest BCUT2D eigenvalue weighted by Gasteiger charge is -2.18. The highest BCUT2D eigenvalue weighted by Crippen LogP contribution is 2.38. The Balaban J connectivity index is 1.74. The maximum atomic E-state index is 5.51. The number of methoxy groups -OCH3 is 1. The predicted octanol–water partition coefficient (Wildman–Crippen LogP) is 2.24. The molecule has 1 aliphatic carbocycles. The fourth-order valence-corrected chi connectivity index (χ4v) is 3.84. The van der Waals surface area contributed by atoms with Crippen molar-refractivity contribution < 1.29 is 4.74 Å². The van der Waals surface area contributed by atoms with E-state index in [0.717, 1.165) is 29.7 Å². The SMILES string of the molecule is COc1ccc(C#CCN)cc1CN1CC2CCCC2C1. The first-order chi connectivity index (χ1) is 10.3. The van der Waals surface area contributed by atoms with E-state index in [4.69, 9.17) is 10.5 Å². The number of nitrogens with zero attached hydrogens (tertiary/aromatic N) is 1. The summed E-state index contributed by atoms with van der Waals surface area (Å²) in [5.74, 6) is 8.85. The van der Waals surface area contributed by atoms with E-state index in [-0.39, 0.29) is 0 Å². The summed E-state index contributed by atoms with van der Waals surface area (Å²) >= 11 is 0. The Morgan fingerprint density at radius 2 is 2.05 bits per heavy atom. The second-order valence-electron chi connectivity index (χ2n) is 6.18. The van der Waals surface area contributed by atoms with Gasteiger partial charge < -0.3 is 10.5 Å². The van der Waals surface area contributed by atoms with Crippen LogP contribution in [0.2, 0.25) is 0 Å². The van der Waals surface area contributed by atoms with Gasteiger partial charge >= 0.3 is 0 Å². The Labute approximate surface area is 127 Å². The van der Waals surface area contributed by atoms with E-state index in [0.29, 0.717) is 6.54 Å². The van der Waals surface area contributed by atoms with Gasteiger partial charge in [0.2, 0.25) is 0 Å². The Hall–Kier alpha value is -1.50. The summed E-state index contributed by atoms with van der Waals surface area (Å²) in [6.45, 7) is 3.85. The zero-order valence-electron chi connectivity index (χ0n) is 12.8. The second-order valence-corrected chi connectivity index (χ2v) is 6.18. The third-order valence-electron chi connectivity index (χ3n) is 4.81. The number of hydrogen-bond donors (Lipinski definition) is 1. The standard InChI is InChI=1S/C18H24N2O/c1-21-18-8-7-14(4-3-9-19)10-17(18)13-20-11-15-5-2-6-16(15)12-20/h7-8,10,15-16H,2,5-6,9,11-13,19H2,1H3. The molecule has 112 valence electrons. The highest BCUT2D eigenvalue weighted by Gasteiger charge is 2.35. The number of fused-ring (bicyclic) bond motifs is 1. The average Bonchev–Trinajstić information content (AvgIpc) is 3.06. The smallest absolute Gasteiger partial charge is 0.123 e. The van der Waals surface area contributed by atoms with Crippen molar-refractivity contribution in [2.75, 3.05) is 26.7 Å². The molecule has 2 N–H and O–H groups in total. The molecule has 3 heteroatoms. The van der Waals surface area contributed by atoms with Crippen LogP contribution in [0.4, 0.5) is 0 Å². The molecule has 0 radical (unpaired) electrons. The maximum Gasteiger partial charge on any atom is 0.123 e. The van der Waals surface area contributed by atoms with Crippen molar-refractivity contribution in [1.82, 2.24) is 4.90 Å². The molecule has 2 aliphatic rings. The number of rotatable bonds is 3. The average molecular weight is 284 g/mol. The number of likely N-dealkylation sites (tertiary alicyclic amines) is 1. The van der Waals surface area contributed by atoms with Gasteiger partial charge in [-0.2, -0.15) is 0 Å². The van der Waals surface area contributed by atoms with E-state index >= 15 is 0 Å². The van der Waals surface area contributed by atoms with Crippen LogP contribution in [0.5, 0.6) is 5.75 Å². The molecule has 3 rings (SSSR count). The minimum atomic E-state index is 0.400. The third-order valence-corrected chi connectivity index (χ3v) is 4.81. The largest absolute Gasteiger partial charge is 0.496 e. The number of ether oxygens (including phenoxy) is 1. The normalized spacial score (nSPS) is 24.5. The van der Waals surface area contributed by atoms with Crippen LogP contribution in [0.25, 0.3) is 0 Å². The molecule has 0 bridgehead atoms. The zero-order chi connectivity index (χ0) is 14.7. The quantitative estimate of drug-likeness (QED) is 0.865. The topological polar surface area (TPSA) is 38.5 Å². The van der Waals surface area contributed by atoms with Crippen LogP contribution in [0, 0.1) is 23.7 Å². The first kappa shape index (κ1) is 14.4. The van der Waals surface area contributed by atoms with E-state index < -0.39 is 0 Å². The van der Waals surface area contributed by atoms with Gasteiger partial charge in [0, 0.05) is 30.8 Å². The Morgan fingerprint density at radius 1 is 1.29 bits per heavy atom. The number of benzene rings is 1. The zero-order valence-corrected chi connectivity index (χ0v) is 12.8. The third kappa shape index (κ3) is 3.23. The van der Waals surface area contributed by atoms with E-state index in [9.17, 15) is 0 Å². The summed E-state index contributed by atoms with van der Waals surface area (Å²) in [5.41, 5.74) is 7.71. The van der Waals surface area contributed by atoms with Crippen molar-refractivity contribution >= 4 is 0 Å². The molecule has 3 nitrogen and oxygen atoms in total. The molecule has 2 atom stereocenters. The summed E-state index contributed by atoms with van der Waals surface area (Å²) in [6, 6.07) is 6.17. The van der Waals surface area contributed by atoms with Crippen molar-refractivity contribution in [2.45, 2.75) is 25.8 Å². The highest BCUT2D eigenvalue weighted by molar-refractivity contribution is 5.44. The van der Waals surface area contributed by atoms with Crippen LogP contribution in [0.1, 0.15) is 30.4 Å². The molecule has 1 aliphatic heterocycles. The lowest BCUT2D eigenvalue weighted by Crippen LogP contribution is -2.21. The van der Waals surface area contributed by atoms with E-state index in [1.54, 1.807) is 7.11 Å². The van der Waals surface area contributed by atoms with E-state index in [1.807, 2.05) is 12.1 Å². The van der Waals surface area contributed by atoms with Crippen LogP contribution < -0.4 is 10.5 Å². The first-order valence-corrected chi connectivity index (χ1v) is 7.88. The molecule has 21 heavy (non-hydrogen) atoms. The predicted molar refractivity (Wildman–Crippen MR) is 85.0 cm³/mol. The Bertz CT molecular complexity index is 546. The van der Waals surface area contributed by atoms with Gasteiger partial charge in [-0.05, 0) is 42.9 Å². The van der Waals surface area contributed by atoms with Gasteiger partial charge in [-0.25, -0.2) is 0 Å². The first-order valence-electron chi connectivity index (χ1n) is 7.88. The van der Waals surface area contributed by atoms with Gasteiger partial charge in [0.15, 0.2) is 0 Å². The van der Waals surface area contributed by atoms with Crippen LogP contribution in [0.15, 0.2) is 18.2 Å². The molecule has 1 heterocycles. The minimum absolute atomic E-state index is 0.400. The summed E-state index contributed by atoms with van der Waals surface area (Å²) < 4.78 is 5.51. The van der Waals surface area contributed by atoms with Crippen molar-refractivity contribution in [3.05, 3.63) is 29.3 Å². The van der Waals surface area contributed by atoms with Gasteiger partial charge in [-0.15, -0.1) is 0 Å². The molecule has 0 amide bonds. The molecule has 1 saturated heterocycles. The molecular formula is C18H24N2O. The summed E-state index contributed by atoms with van der Waals surface area (Å²) in [7, 11) is 1.74. The number of hydrogen-bond acceptors (Lipinski definition) is 3. The molecule has 0 aromatic heterocycles. The summed E-state index contributed by atoms with van der Waals surface area (Å²) in [5, 5.41) is 0. The van der Waals surface area contributed by atoms with E-state index in [1.165, 1.54) is 37.9 Å². The minimum Gasteiger partial charge on any atom is -0.496 e. The van der Waals surface area contributed by atoms with Crippen LogP contribution in [-0.2, 0) is 6.54 Å². The highest BCUT2D eigenvalue weighted by atomic mass is 16.5. The van der Waals surface area contributed by atoms with Crippen molar-refractivity contribution in [3.63, 3.8) is 0 Å². The molecule has 1 saturated carbocycles. The van der Waals surface area contributed by atoms with Crippen LogP contribution in [-0.4, -0.2) is 31.6 Å². The lowest BCUT2D eigenvalue weighted by atomic mass is 10.0. The van der Waals surface area contributed by atoms with Gasteiger partial charge in [0.1, 0.15) is 5.75 Å². The molecule has 1 aromatic rings. The van der Waals surface area contributed by atoms with Gasteiger partial charge in [-0.1, -0.05) is 18.3 Å². The fraction of sp³-hybridized carbons (Fsp3) is 0.556. The van der Waals surface area contributed by atoms with Gasteiger partial charge in [0.05, 0.1) is 13.7 Å². The Morgan fingerprint density at radius 3 is 2.71 bits per heavy atom. The lowest BCUT2D eigenvalue weighted by molar-refractivity contribution is 0.296. The second kappa shape index (κ2) is 6.51. The van der Waals surface area contributed by atoms with Gasteiger partial charge in [-0.3, -0.25) is 4.90 Å². The summed E-state index contributed by atoms with van der Waals surface area (Å²) in [6.07, 6.45) is 4.26. The summed E-state index contributed by atoms with van der Waals surface area (Å²) in [4.78, 5) is 2.58. The monoisotopic (exact) mass is 284 g/mol. The molecule has 1 aromatic carbocycles. The van der Waals surface area contributed by atoms with Crippen molar-refractivity contribution in [1.29, 1.82) is 0 Å². The molecule has 2 unspecified atom stereocenters.